The average molecular weight is 391 g/mol. The zero-order valence-corrected chi connectivity index (χ0v) is 16.1. The number of aromatic nitrogens is 2. The molecule has 6 nitrogen and oxygen atoms in total. The zero-order valence-electron chi connectivity index (χ0n) is 15.3. The van der Waals surface area contributed by atoms with Crippen LogP contribution >= 0.6 is 11.3 Å². The highest BCUT2D eigenvalue weighted by molar-refractivity contribution is 7.15. The summed E-state index contributed by atoms with van der Waals surface area (Å²) in [5.41, 5.74) is 2.91. The van der Waals surface area contributed by atoms with Crippen molar-refractivity contribution < 1.29 is 14.3 Å². The van der Waals surface area contributed by atoms with Crippen LogP contribution < -0.4 is 4.74 Å². The lowest BCUT2D eigenvalue weighted by atomic mass is 10.1. The molecular formula is C21H17N3O3S. The minimum absolute atomic E-state index is 0.226. The Hall–Kier alpha value is -3.24. The molecule has 0 unspecified atom stereocenters. The van der Waals surface area contributed by atoms with E-state index in [0.717, 1.165) is 41.0 Å². The van der Waals surface area contributed by atoms with E-state index in [-0.39, 0.29) is 12.4 Å². The minimum atomic E-state index is -0.278. The number of carbonyl (C=O) groups excluding carboxylic acids is 1. The number of hydrogen-bond acceptors (Lipinski definition) is 7. The molecule has 0 spiro atoms. The summed E-state index contributed by atoms with van der Waals surface area (Å²) >= 11 is 1.37. The molecule has 2 aromatic heterocycles. The summed E-state index contributed by atoms with van der Waals surface area (Å²) in [7, 11) is 1.38. The molecule has 0 radical (unpaired) electrons. The van der Waals surface area contributed by atoms with Gasteiger partial charge in [-0.05, 0) is 49.1 Å². The first-order valence-corrected chi connectivity index (χ1v) is 9.71. The number of aryl methyl sites for hydroxylation is 1. The van der Waals surface area contributed by atoms with Gasteiger partial charge in [0.25, 0.3) is 0 Å². The molecule has 1 aromatic carbocycles. The van der Waals surface area contributed by atoms with Crippen molar-refractivity contribution in [2.75, 3.05) is 7.11 Å². The Bertz CT molecular complexity index is 1070. The standard InChI is InChI=1S/C21H17N3O3S/c1-26-19(25)11-13-5-7-14(8-6-13)27-21-16-3-2-4-17(16)23-20(24-21)18-10-9-15(12-22)28-18/h5-10H,2-4,11H2,1H3. The van der Waals surface area contributed by atoms with Crippen molar-refractivity contribution in [3.8, 4) is 28.4 Å². The monoisotopic (exact) mass is 391 g/mol. The number of rotatable bonds is 5. The number of methoxy groups -OCH3 is 1. The third-order valence-electron chi connectivity index (χ3n) is 4.55. The van der Waals surface area contributed by atoms with Crippen molar-refractivity contribution in [1.82, 2.24) is 9.97 Å². The molecule has 7 heteroatoms. The number of carbonyl (C=O) groups is 1. The number of esters is 1. The van der Waals surface area contributed by atoms with E-state index in [0.29, 0.717) is 22.3 Å². The molecule has 4 rings (SSSR count). The molecular weight excluding hydrogens is 374 g/mol. The topological polar surface area (TPSA) is 85.1 Å². The van der Waals surface area contributed by atoms with E-state index in [1.807, 2.05) is 30.3 Å². The summed E-state index contributed by atoms with van der Waals surface area (Å²) in [5.74, 6) is 1.52. The van der Waals surface area contributed by atoms with Gasteiger partial charge in [-0.15, -0.1) is 11.3 Å². The molecule has 3 aromatic rings. The molecule has 2 heterocycles. The molecule has 1 aliphatic carbocycles. The molecule has 0 amide bonds. The second-order valence-corrected chi connectivity index (χ2v) is 7.49. The van der Waals surface area contributed by atoms with Crippen LogP contribution in [-0.2, 0) is 28.8 Å². The number of ether oxygens (including phenoxy) is 2. The summed E-state index contributed by atoms with van der Waals surface area (Å²) < 4.78 is 10.8. The molecule has 0 aliphatic heterocycles. The third kappa shape index (κ3) is 3.73. The van der Waals surface area contributed by atoms with Crippen LogP contribution in [0.1, 0.15) is 28.1 Å². The second-order valence-electron chi connectivity index (χ2n) is 6.41. The summed E-state index contributed by atoms with van der Waals surface area (Å²) in [4.78, 5) is 22.2. The molecule has 0 saturated carbocycles. The fourth-order valence-corrected chi connectivity index (χ4v) is 3.87. The lowest BCUT2D eigenvalue weighted by Gasteiger charge is -2.11. The normalized spacial score (nSPS) is 12.3. The Labute approximate surface area is 166 Å². The van der Waals surface area contributed by atoms with Crippen molar-refractivity contribution >= 4 is 17.3 Å². The number of hydrogen-bond donors (Lipinski definition) is 0. The van der Waals surface area contributed by atoms with Gasteiger partial charge in [-0.3, -0.25) is 4.79 Å². The lowest BCUT2D eigenvalue weighted by molar-refractivity contribution is -0.139. The summed E-state index contributed by atoms with van der Waals surface area (Å²) in [6.07, 6.45) is 3.04. The van der Waals surface area contributed by atoms with E-state index in [4.69, 9.17) is 10.00 Å². The smallest absolute Gasteiger partial charge is 0.309 e. The van der Waals surface area contributed by atoms with E-state index in [9.17, 15) is 4.79 Å². The Morgan fingerprint density at radius 3 is 2.71 bits per heavy atom. The van der Waals surface area contributed by atoms with Gasteiger partial charge in [-0.25, -0.2) is 4.98 Å². The number of benzene rings is 1. The maximum absolute atomic E-state index is 11.4. The Kier molecular flexibility index (Phi) is 5.04. The SMILES string of the molecule is COC(=O)Cc1ccc(Oc2nc(-c3ccc(C#N)s3)nc3c2CCC3)cc1. The van der Waals surface area contributed by atoms with Crippen LogP contribution in [0.5, 0.6) is 11.6 Å². The first-order valence-electron chi connectivity index (χ1n) is 8.90. The highest BCUT2D eigenvalue weighted by Crippen LogP contribution is 2.35. The number of fused-ring (bicyclic) bond motifs is 1. The van der Waals surface area contributed by atoms with Crippen LogP contribution in [-0.4, -0.2) is 23.0 Å². The summed E-state index contributed by atoms with van der Waals surface area (Å²) in [6, 6.07) is 13.1. The largest absolute Gasteiger partial charge is 0.469 e. The first kappa shape index (κ1) is 18.1. The van der Waals surface area contributed by atoms with Crippen LogP contribution in [0, 0.1) is 11.3 Å². The second kappa shape index (κ2) is 7.79. The quantitative estimate of drug-likeness (QED) is 0.610. The number of nitrogens with zero attached hydrogens (tertiary/aromatic N) is 3. The van der Waals surface area contributed by atoms with Gasteiger partial charge in [0.15, 0.2) is 5.82 Å². The van der Waals surface area contributed by atoms with Gasteiger partial charge in [0, 0.05) is 5.56 Å². The molecule has 0 N–H and O–H groups in total. The van der Waals surface area contributed by atoms with Gasteiger partial charge < -0.3 is 9.47 Å². The van der Waals surface area contributed by atoms with Crippen LogP contribution in [0.4, 0.5) is 0 Å². The summed E-state index contributed by atoms with van der Waals surface area (Å²) in [6.45, 7) is 0. The van der Waals surface area contributed by atoms with Crippen molar-refractivity contribution in [2.24, 2.45) is 0 Å². The van der Waals surface area contributed by atoms with Crippen LogP contribution in [0.3, 0.4) is 0 Å². The maximum atomic E-state index is 11.4. The van der Waals surface area contributed by atoms with Crippen molar-refractivity contribution in [2.45, 2.75) is 25.7 Å². The van der Waals surface area contributed by atoms with Crippen molar-refractivity contribution in [3.63, 3.8) is 0 Å². The zero-order chi connectivity index (χ0) is 19.5. The summed E-state index contributed by atoms with van der Waals surface area (Å²) in [5, 5.41) is 9.06. The highest BCUT2D eigenvalue weighted by Gasteiger charge is 2.22. The predicted octanol–water partition coefficient (Wildman–Crippen LogP) is 4.07. The fourth-order valence-electron chi connectivity index (χ4n) is 3.14. The molecule has 0 bridgehead atoms. The van der Waals surface area contributed by atoms with Crippen molar-refractivity contribution in [3.05, 3.63) is 58.1 Å². The van der Waals surface area contributed by atoms with Crippen LogP contribution in [0.2, 0.25) is 0 Å². The fraction of sp³-hybridized carbons (Fsp3) is 0.238. The van der Waals surface area contributed by atoms with E-state index in [1.54, 1.807) is 6.07 Å². The lowest BCUT2D eigenvalue weighted by Crippen LogP contribution is -2.04. The Morgan fingerprint density at radius 1 is 1.18 bits per heavy atom. The van der Waals surface area contributed by atoms with Gasteiger partial charge in [0.05, 0.1) is 24.1 Å². The molecule has 0 atom stereocenters. The van der Waals surface area contributed by atoms with E-state index in [2.05, 4.69) is 20.8 Å². The average Bonchev–Trinajstić information content (AvgIpc) is 3.38. The van der Waals surface area contributed by atoms with Crippen LogP contribution in [0.15, 0.2) is 36.4 Å². The van der Waals surface area contributed by atoms with Crippen molar-refractivity contribution in [1.29, 1.82) is 5.26 Å². The van der Waals surface area contributed by atoms with Gasteiger partial charge in [-0.2, -0.15) is 10.2 Å². The molecule has 28 heavy (non-hydrogen) atoms. The maximum Gasteiger partial charge on any atom is 0.309 e. The van der Waals surface area contributed by atoms with E-state index < -0.39 is 0 Å². The highest BCUT2D eigenvalue weighted by atomic mass is 32.1. The minimum Gasteiger partial charge on any atom is -0.469 e. The molecule has 1 aliphatic rings. The third-order valence-corrected chi connectivity index (χ3v) is 5.53. The Balaban J connectivity index is 1.62. The van der Waals surface area contributed by atoms with Crippen LogP contribution in [0.25, 0.3) is 10.7 Å². The molecule has 0 fully saturated rings. The predicted molar refractivity (Wildman–Crippen MR) is 104 cm³/mol. The van der Waals surface area contributed by atoms with E-state index >= 15 is 0 Å². The number of nitriles is 1. The number of thiophene rings is 1. The van der Waals surface area contributed by atoms with Gasteiger partial charge in [0.2, 0.25) is 5.88 Å². The van der Waals surface area contributed by atoms with E-state index in [1.165, 1.54) is 18.4 Å². The van der Waals surface area contributed by atoms with Gasteiger partial charge in [0.1, 0.15) is 16.7 Å². The van der Waals surface area contributed by atoms with Gasteiger partial charge in [-0.1, -0.05) is 12.1 Å². The Morgan fingerprint density at radius 2 is 2.00 bits per heavy atom. The molecule has 0 saturated heterocycles. The molecule has 140 valence electrons. The van der Waals surface area contributed by atoms with Gasteiger partial charge >= 0.3 is 5.97 Å². The first-order chi connectivity index (χ1) is 13.7.